The SMILES string of the molecule is Cc1nc(COc2ccc(Cl)cc2)sc1C(=O)NCCOc1ccccc1. The first-order chi connectivity index (χ1) is 13.1. The number of aryl methyl sites for hydroxylation is 1. The number of nitrogens with one attached hydrogen (secondary N) is 1. The first kappa shape index (κ1) is 19.2. The van der Waals surface area contributed by atoms with Gasteiger partial charge in [0, 0.05) is 5.02 Å². The van der Waals surface area contributed by atoms with Crippen molar-refractivity contribution in [1.82, 2.24) is 10.3 Å². The van der Waals surface area contributed by atoms with Gasteiger partial charge in [0.2, 0.25) is 0 Å². The van der Waals surface area contributed by atoms with Crippen LogP contribution in [0.5, 0.6) is 11.5 Å². The second-order valence-corrected chi connectivity index (χ2v) is 7.20. The Morgan fingerprint density at radius 2 is 1.78 bits per heavy atom. The van der Waals surface area contributed by atoms with E-state index in [1.165, 1.54) is 11.3 Å². The fraction of sp³-hybridized carbons (Fsp3) is 0.200. The molecule has 0 aliphatic carbocycles. The Labute approximate surface area is 166 Å². The van der Waals surface area contributed by atoms with Crippen LogP contribution in [-0.4, -0.2) is 24.0 Å². The predicted octanol–water partition coefficient (Wildman–Crippen LogP) is 4.49. The third kappa shape index (κ3) is 5.70. The summed E-state index contributed by atoms with van der Waals surface area (Å²) in [6, 6.07) is 16.6. The summed E-state index contributed by atoms with van der Waals surface area (Å²) in [5, 5.41) is 4.25. The number of amides is 1. The number of para-hydroxylation sites is 1. The van der Waals surface area contributed by atoms with E-state index in [1.54, 1.807) is 24.3 Å². The highest BCUT2D eigenvalue weighted by molar-refractivity contribution is 7.13. The van der Waals surface area contributed by atoms with Crippen LogP contribution in [-0.2, 0) is 6.61 Å². The van der Waals surface area contributed by atoms with Gasteiger partial charge in [0.25, 0.3) is 5.91 Å². The number of halogens is 1. The molecule has 7 heteroatoms. The molecule has 0 saturated heterocycles. The number of ether oxygens (including phenoxy) is 2. The zero-order chi connectivity index (χ0) is 19.1. The van der Waals surface area contributed by atoms with E-state index in [1.807, 2.05) is 37.3 Å². The van der Waals surface area contributed by atoms with Gasteiger partial charge in [0.05, 0.1) is 12.2 Å². The molecule has 2 aromatic carbocycles. The maximum Gasteiger partial charge on any atom is 0.263 e. The van der Waals surface area contributed by atoms with E-state index in [4.69, 9.17) is 21.1 Å². The van der Waals surface area contributed by atoms with Crippen LogP contribution in [0.4, 0.5) is 0 Å². The lowest BCUT2D eigenvalue weighted by Crippen LogP contribution is -2.27. The minimum atomic E-state index is -0.153. The lowest BCUT2D eigenvalue weighted by molar-refractivity contribution is 0.0950. The van der Waals surface area contributed by atoms with Gasteiger partial charge in [-0.25, -0.2) is 4.98 Å². The molecule has 0 atom stereocenters. The second kappa shape index (κ2) is 9.39. The van der Waals surface area contributed by atoms with E-state index in [0.717, 1.165) is 10.8 Å². The molecule has 1 N–H and O–H groups in total. The van der Waals surface area contributed by atoms with Crippen LogP contribution >= 0.6 is 22.9 Å². The van der Waals surface area contributed by atoms with Gasteiger partial charge in [0.15, 0.2) is 0 Å². The molecule has 0 aliphatic heterocycles. The summed E-state index contributed by atoms with van der Waals surface area (Å²) in [5.41, 5.74) is 0.691. The fourth-order valence-electron chi connectivity index (χ4n) is 2.33. The Kier molecular flexibility index (Phi) is 6.68. The molecule has 5 nitrogen and oxygen atoms in total. The molecule has 3 aromatic rings. The highest BCUT2D eigenvalue weighted by Crippen LogP contribution is 2.21. The van der Waals surface area contributed by atoms with Crippen molar-refractivity contribution in [3.63, 3.8) is 0 Å². The number of hydrogen-bond acceptors (Lipinski definition) is 5. The number of rotatable bonds is 8. The van der Waals surface area contributed by atoms with Crippen LogP contribution in [0.25, 0.3) is 0 Å². The van der Waals surface area contributed by atoms with Crippen LogP contribution in [0.3, 0.4) is 0 Å². The Morgan fingerprint density at radius 1 is 1.07 bits per heavy atom. The summed E-state index contributed by atoms with van der Waals surface area (Å²) in [6.07, 6.45) is 0. The zero-order valence-corrected chi connectivity index (χ0v) is 16.3. The smallest absolute Gasteiger partial charge is 0.263 e. The van der Waals surface area contributed by atoms with Crippen molar-refractivity contribution in [3.8, 4) is 11.5 Å². The molecule has 0 aliphatic rings. The van der Waals surface area contributed by atoms with Crippen molar-refractivity contribution in [2.24, 2.45) is 0 Å². The Balaban J connectivity index is 1.47. The first-order valence-electron chi connectivity index (χ1n) is 8.42. The van der Waals surface area contributed by atoms with Gasteiger partial charge in [-0.15, -0.1) is 11.3 Å². The van der Waals surface area contributed by atoms with Crippen molar-refractivity contribution in [2.75, 3.05) is 13.2 Å². The van der Waals surface area contributed by atoms with E-state index in [9.17, 15) is 4.79 Å². The largest absolute Gasteiger partial charge is 0.492 e. The van der Waals surface area contributed by atoms with E-state index < -0.39 is 0 Å². The van der Waals surface area contributed by atoms with Gasteiger partial charge in [-0.1, -0.05) is 29.8 Å². The number of benzene rings is 2. The highest BCUT2D eigenvalue weighted by Gasteiger charge is 2.15. The standard InChI is InChI=1S/C20H19ClN2O3S/c1-14-19(20(24)22-11-12-25-16-5-3-2-4-6-16)27-18(23-14)13-26-17-9-7-15(21)8-10-17/h2-10H,11-13H2,1H3,(H,22,24). The molecule has 1 heterocycles. The average Bonchev–Trinajstić information content (AvgIpc) is 3.06. The fourth-order valence-corrected chi connectivity index (χ4v) is 3.35. The molecule has 140 valence electrons. The quantitative estimate of drug-likeness (QED) is 0.564. The van der Waals surface area contributed by atoms with Crippen LogP contribution in [0.2, 0.25) is 5.02 Å². The second-order valence-electron chi connectivity index (χ2n) is 5.68. The first-order valence-corrected chi connectivity index (χ1v) is 9.62. The Morgan fingerprint density at radius 3 is 2.52 bits per heavy atom. The predicted molar refractivity (Wildman–Crippen MR) is 107 cm³/mol. The average molecular weight is 403 g/mol. The molecule has 0 bridgehead atoms. The van der Waals surface area contributed by atoms with Crippen LogP contribution in [0.15, 0.2) is 54.6 Å². The van der Waals surface area contributed by atoms with Crippen molar-refractivity contribution in [1.29, 1.82) is 0 Å². The van der Waals surface area contributed by atoms with Crippen LogP contribution in [0, 0.1) is 6.92 Å². The Hall–Kier alpha value is -2.57. The van der Waals surface area contributed by atoms with Gasteiger partial charge in [0.1, 0.15) is 34.6 Å². The summed E-state index contributed by atoms with van der Waals surface area (Å²) in [6.45, 7) is 2.94. The number of hydrogen-bond donors (Lipinski definition) is 1. The van der Waals surface area contributed by atoms with Crippen molar-refractivity contribution in [2.45, 2.75) is 13.5 Å². The van der Waals surface area contributed by atoms with Gasteiger partial charge >= 0.3 is 0 Å². The molecular formula is C20H19ClN2O3S. The number of thiazole rings is 1. The topological polar surface area (TPSA) is 60.5 Å². The van der Waals surface area contributed by atoms with Crippen molar-refractivity contribution >= 4 is 28.8 Å². The molecule has 0 spiro atoms. The molecule has 3 rings (SSSR count). The number of carbonyl (C=O) groups excluding carboxylic acids is 1. The number of aromatic nitrogens is 1. The lowest BCUT2D eigenvalue weighted by Gasteiger charge is -2.07. The van der Waals surface area contributed by atoms with Gasteiger partial charge in [-0.2, -0.15) is 0 Å². The maximum atomic E-state index is 12.4. The normalized spacial score (nSPS) is 10.4. The molecular weight excluding hydrogens is 384 g/mol. The molecule has 0 radical (unpaired) electrons. The molecule has 1 aromatic heterocycles. The van der Waals surface area contributed by atoms with E-state index >= 15 is 0 Å². The van der Waals surface area contributed by atoms with Crippen molar-refractivity contribution < 1.29 is 14.3 Å². The molecule has 0 saturated carbocycles. The summed E-state index contributed by atoms with van der Waals surface area (Å²) in [4.78, 5) is 17.4. The maximum absolute atomic E-state index is 12.4. The Bertz CT molecular complexity index is 882. The minimum absolute atomic E-state index is 0.153. The molecule has 0 unspecified atom stereocenters. The summed E-state index contributed by atoms with van der Waals surface area (Å²) in [7, 11) is 0. The van der Waals surface area contributed by atoms with E-state index in [-0.39, 0.29) is 5.91 Å². The van der Waals surface area contributed by atoms with Gasteiger partial charge < -0.3 is 14.8 Å². The minimum Gasteiger partial charge on any atom is -0.492 e. The number of carbonyl (C=O) groups is 1. The molecule has 1 amide bonds. The highest BCUT2D eigenvalue weighted by atomic mass is 35.5. The number of nitrogens with zero attached hydrogens (tertiary/aromatic N) is 1. The van der Waals surface area contributed by atoms with Crippen LogP contribution < -0.4 is 14.8 Å². The summed E-state index contributed by atoms with van der Waals surface area (Å²) < 4.78 is 11.2. The lowest BCUT2D eigenvalue weighted by atomic mass is 10.3. The van der Waals surface area contributed by atoms with Crippen LogP contribution in [0.1, 0.15) is 20.4 Å². The monoisotopic (exact) mass is 402 g/mol. The molecule has 27 heavy (non-hydrogen) atoms. The van der Waals surface area contributed by atoms with E-state index in [0.29, 0.717) is 41.1 Å². The summed E-state index contributed by atoms with van der Waals surface area (Å²) >= 11 is 7.18. The third-order valence-electron chi connectivity index (χ3n) is 3.62. The summed E-state index contributed by atoms with van der Waals surface area (Å²) in [5.74, 6) is 1.33. The third-order valence-corrected chi connectivity index (χ3v) is 5.00. The molecule has 0 fully saturated rings. The zero-order valence-electron chi connectivity index (χ0n) is 14.8. The van der Waals surface area contributed by atoms with Gasteiger partial charge in [-0.3, -0.25) is 4.79 Å². The van der Waals surface area contributed by atoms with E-state index in [2.05, 4.69) is 10.3 Å². The van der Waals surface area contributed by atoms with Gasteiger partial charge in [-0.05, 0) is 43.3 Å². The van der Waals surface area contributed by atoms with Crippen molar-refractivity contribution in [3.05, 3.63) is 75.2 Å².